The maximum Gasteiger partial charge on any atom is 0.269 e. The Morgan fingerprint density at radius 3 is 2.65 bits per heavy atom. The van der Waals surface area contributed by atoms with Crippen molar-refractivity contribution in [3.63, 3.8) is 0 Å². The van der Waals surface area contributed by atoms with Crippen LogP contribution in [-0.2, 0) is 0 Å². The number of amides is 1. The predicted octanol–water partition coefficient (Wildman–Crippen LogP) is 4.30. The van der Waals surface area contributed by atoms with Crippen molar-refractivity contribution in [3.05, 3.63) is 42.2 Å². The van der Waals surface area contributed by atoms with Gasteiger partial charge in [0.2, 0.25) is 0 Å². The second kappa shape index (κ2) is 7.70. The van der Waals surface area contributed by atoms with Crippen LogP contribution in [0.4, 0.5) is 5.13 Å². The van der Waals surface area contributed by atoms with Crippen LogP contribution in [-0.4, -0.2) is 29.0 Å². The standard InChI is InChI=1S/C19H22N4O2S/c1-11(2)12(3)22-19-23-15-6-5-13(10-17(15)26-19)25-14-7-8-21-16(9-14)18(24)20-4/h5-12H,1-4H3,(H,20,24)(H,22,23). The van der Waals surface area contributed by atoms with Crippen molar-refractivity contribution in [1.29, 1.82) is 0 Å². The molecule has 3 rings (SSSR count). The Morgan fingerprint density at radius 1 is 1.15 bits per heavy atom. The Bertz CT molecular complexity index is 923. The summed E-state index contributed by atoms with van der Waals surface area (Å²) in [4.78, 5) is 20.3. The number of hydrogen-bond acceptors (Lipinski definition) is 6. The van der Waals surface area contributed by atoms with Crippen LogP contribution < -0.4 is 15.4 Å². The fourth-order valence-corrected chi connectivity index (χ4v) is 3.25. The molecule has 6 nitrogen and oxygen atoms in total. The molecule has 1 atom stereocenters. The van der Waals surface area contributed by atoms with Gasteiger partial charge in [-0.15, -0.1) is 0 Å². The van der Waals surface area contributed by atoms with Crippen molar-refractivity contribution in [3.8, 4) is 11.5 Å². The minimum absolute atomic E-state index is 0.247. The van der Waals surface area contributed by atoms with E-state index in [-0.39, 0.29) is 5.91 Å². The summed E-state index contributed by atoms with van der Waals surface area (Å²) >= 11 is 1.60. The smallest absolute Gasteiger partial charge is 0.269 e. The summed E-state index contributed by atoms with van der Waals surface area (Å²) in [6, 6.07) is 9.46. The first kappa shape index (κ1) is 18.1. The number of carbonyl (C=O) groups is 1. The van der Waals surface area contributed by atoms with Crippen LogP contribution >= 0.6 is 11.3 Å². The molecule has 3 aromatic rings. The van der Waals surface area contributed by atoms with E-state index in [0.29, 0.717) is 29.2 Å². The van der Waals surface area contributed by atoms with Gasteiger partial charge in [-0.2, -0.15) is 0 Å². The fraction of sp³-hybridized carbons (Fsp3) is 0.316. The lowest BCUT2D eigenvalue weighted by atomic mass is 10.1. The first-order valence-corrected chi connectivity index (χ1v) is 9.31. The number of nitrogens with one attached hydrogen (secondary N) is 2. The Balaban J connectivity index is 1.80. The monoisotopic (exact) mass is 370 g/mol. The Hall–Kier alpha value is -2.67. The molecule has 0 bridgehead atoms. The molecule has 136 valence electrons. The molecule has 0 aliphatic carbocycles. The average Bonchev–Trinajstić information content (AvgIpc) is 3.02. The number of pyridine rings is 1. The van der Waals surface area contributed by atoms with E-state index in [1.807, 2.05) is 18.2 Å². The Kier molecular flexibility index (Phi) is 5.37. The summed E-state index contributed by atoms with van der Waals surface area (Å²) in [5.74, 6) is 1.54. The molecular weight excluding hydrogens is 348 g/mol. The van der Waals surface area contributed by atoms with E-state index in [2.05, 4.69) is 41.4 Å². The molecule has 0 aliphatic rings. The van der Waals surface area contributed by atoms with Crippen LogP contribution in [0.25, 0.3) is 10.2 Å². The molecule has 1 aromatic carbocycles. The molecular formula is C19H22N4O2S. The van der Waals surface area contributed by atoms with Gasteiger partial charge in [0.25, 0.3) is 5.91 Å². The van der Waals surface area contributed by atoms with Gasteiger partial charge >= 0.3 is 0 Å². The minimum Gasteiger partial charge on any atom is -0.457 e. The molecule has 0 aliphatic heterocycles. The van der Waals surface area contributed by atoms with Gasteiger partial charge in [0.05, 0.1) is 10.2 Å². The number of carbonyl (C=O) groups excluding carboxylic acids is 1. The first-order chi connectivity index (χ1) is 12.5. The number of benzene rings is 1. The number of fused-ring (bicyclic) bond motifs is 1. The van der Waals surface area contributed by atoms with Gasteiger partial charge in [0.15, 0.2) is 5.13 Å². The van der Waals surface area contributed by atoms with Gasteiger partial charge in [-0.25, -0.2) is 4.98 Å². The van der Waals surface area contributed by atoms with Gasteiger partial charge < -0.3 is 15.4 Å². The molecule has 0 saturated heterocycles. The van der Waals surface area contributed by atoms with Crippen molar-refractivity contribution >= 4 is 32.6 Å². The normalized spacial score (nSPS) is 12.2. The molecule has 1 amide bonds. The molecule has 26 heavy (non-hydrogen) atoms. The SMILES string of the molecule is CNC(=O)c1cc(Oc2ccc3nc(NC(C)C(C)C)sc3c2)ccn1. The number of hydrogen-bond donors (Lipinski definition) is 2. The van der Waals surface area contributed by atoms with E-state index in [4.69, 9.17) is 4.74 Å². The summed E-state index contributed by atoms with van der Waals surface area (Å²) in [5.41, 5.74) is 1.25. The largest absolute Gasteiger partial charge is 0.457 e. The quantitative estimate of drug-likeness (QED) is 0.676. The number of thiazole rings is 1. The predicted molar refractivity (Wildman–Crippen MR) is 105 cm³/mol. The van der Waals surface area contributed by atoms with Gasteiger partial charge in [-0.1, -0.05) is 25.2 Å². The zero-order valence-electron chi connectivity index (χ0n) is 15.2. The Morgan fingerprint density at radius 2 is 1.92 bits per heavy atom. The van der Waals surface area contributed by atoms with Crippen molar-refractivity contribution in [2.75, 3.05) is 12.4 Å². The topological polar surface area (TPSA) is 76.1 Å². The molecule has 2 heterocycles. The highest BCUT2D eigenvalue weighted by Gasteiger charge is 2.11. The third kappa shape index (κ3) is 4.11. The molecule has 7 heteroatoms. The first-order valence-electron chi connectivity index (χ1n) is 8.49. The van der Waals surface area contributed by atoms with Crippen molar-refractivity contribution in [1.82, 2.24) is 15.3 Å². The molecule has 0 fully saturated rings. The van der Waals surface area contributed by atoms with E-state index in [1.54, 1.807) is 36.7 Å². The van der Waals surface area contributed by atoms with Gasteiger partial charge in [-0.3, -0.25) is 9.78 Å². The summed E-state index contributed by atoms with van der Waals surface area (Å²) in [5, 5.41) is 6.90. The van der Waals surface area contributed by atoms with E-state index in [0.717, 1.165) is 15.3 Å². The van der Waals surface area contributed by atoms with Crippen molar-refractivity contribution in [2.45, 2.75) is 26.8 Å². The number of anilines is 1. The zero-order chi connectivity index (χ0) is 18.7. The van der Waals surface area contributed by atoms with Crippen LogP contribution in [0.3, 0.4) is 0 Å². The van der Waals surface area contributed by atoms with Crippen LogP contribution in [0.15, 0.2) is 36.5 Å². The van der Waals surface area contributed by atoms with Crippen LogP contribution in [0.2, 0.25) is 0 Å². The van der Waals surface area contributed by atoms with E-state index in [9.17, 15) is 4.79 Å². The number of rotatable bonds is 6. The second-order valence-electron chi connectivity index (χ2n) is 6.38. The summed E-state index contributed by atoms with van der Waals surface area (Å²) in [6.07, 6.45) is 1.56. The van der Waals surface area contributed by atoms with Crippen molar-refractivity contribution < 1.29 is 9.53 Å². The van der Waals surface area contributed by atoms with Crippen molar-refractivity contribution in [2.24, 2.45) is 5.92 Å². The molecule has 0 spiro atoms. The lowest BCUT2D eigenvalue weighted by Gasteiger charge is -2.16. The van der Waals surface area contributed by atoms with Gasteiger partial charge in [-0.05, 0) is 31.0 Å². The average molecular weight is 370 g/mol. The minimum atomic E-state index is -0.247. The zero-order valence-corrected chi connectivity index (χ0v) is 16.1. The molecule has 1 unspecified atom stereocenters. The Labute approximate surface area is 156 Å². The number of nitrogens with zero attached hydrogens (tertiary/aromatic N) is 2. The third-order valence-corrected chi connectivity index (χ3v) is 5.09. The maximum absolute atomic E-state index is 11.7. The lowest BCUT2D eigenvalue weighted by molar-refractivity contribution is 0.0958. The summed E-state index contributed by atoms with van der Waals surface area (Å²) in [7, 11) is 1.57. The van der Waals surface area contributed by atoms with Crippen LogP contribution in [0.1, 0.15) is 31.3 Å². The molecule has 2 aromatic heterocycles. The van der Waals surface area contributed by atoms with E-state index >= 15 is 0 Å². The molecule has 0 saturated carbocycles. The van der Waals surface area contributed by atoms with E-state index in [1.165, 1.54) is 0 Å². The number of ether oxygens (including phenoxy) is 1. The summed E-state index contributed by atoms with van der Waals surface area (Å²) in [6.45, 7) is 6.51. The number of aromatic nitrogens is 2. The van der Waals surface area contributed by atoms with Gasteiger partial charge in [0, 0.05) is 31.4 Å². The highest BCUT2D eigenvalue weighted by atomic mass is 32.1. The van der Waals surface area contributed by atoms with Crippen LogP contribution in [0, 0.1) is 5.92 Å². The molecule has 2 N–H and O–H groups in total. The van der Waals surface area contributed by atoms with Gasteiger partial charge in [0.1, 0.15) is 17.2 Å². The fourth-order valence-electron chi connectivity index (χ4n) is 2.25. The maximum atomic E-state index is 11.7. The highest BCUT2D eigenvalue weighted by Crippen LogP contribution is 2.32. The summed E-state index contributed by atoms with van der Waals surface area (Å²) < 4.78 is 6.93. The third-order valence-electron chi connectivity index (χ3n) is 4.14. The second-order valence-corrected chi connectivity index (χ2v) is 7.41. The van der Waals surface area contributed by atoms with Crippen LogP contribution in [0.5, 0.6) is 11.5 Å². The molecule has 0 radical (unpaired) electrons. The lowest BCUT2D eigenvalue weighted by Crippen LogP contribution is -2.21. The highest BCUT2D eigenvalue weighted by molar-refractivity contribution is 7.22. The van der Waals surface area contributed by atoms with E-state index < -0.39 is 0 Å².